The van der Waals surface area contributed by atoms with Crippen LogP contribution in [0.2, 0.25) is 0 Å². The Morgan fingerprint density at radius 3 is 2.49 bits per heavy atom. The van der Waals surface area contributed by atoms with E-state index in [-0.39, 0.29) is 18.0 Å². The van der Waals surface area contributed by atoms with Crippen LogP contribution in [-0.4, -0.2) is 41.0 Å². The molecule has 3 aromatic carbocycles. The second-order valence-electron chi connectivity index (χ2n) is 10.2. The third-order valence-corrected chi connectivity index (χ3v) is 8.48. The summed E-state index contributed by atoms with van der Waals surface area (Å²) in [6.45, 7) is 2.57. The van der Waals surface area contributed by atoms with Gasteiger partial charge in [-0.2, -0.15) is 0 Å². The summed E-state index contributed by atoms with van der Waals surface area (Å²) in [4.78, 5) is 36.6. The SMILES string of the molecule is O=C(N[C@H]1CCN(Cc2ccccc2)C1)c1sc2nccc3c2c1NC(=O)N3c1ccc(Oc2ccccc2)cc1. The minimum Gasteiger partial charge on any atom is -0.457 e. The van der Waals surface area contributed by atoms with Gasteiger partial charge in [0.1, 0.15) is 21.2 Å². The number of aromatic nitrogens is 1. The average Bonchev–Trinajstić information content (AvgIpc) is 3.59. The molecule has 41 heavy (non-hydrogen) atoms. The third-order valence-electron chi connectivity index (χ3n) is 7.38. The molecule has 9 heteroatoms. The predicted molar refractivity (Wildman–Crippen MR) is 161 cm³/mol. The molecule has 4 heterocycles. The lowest BCUT2D eigenvalue weighted by atomic mass is 10.1. The van der Waals surface area contributed by atoms with Crippen molar-refractivity contribution in [2.24, 2.45) is 0 Å². The first kappa shape index (κ1) is 25.3. The van der Waals surface area contributed by atoms with Gasteiger partial charge in [-0.05, 0) is 54.4 Å². The molecule has 5 aromatic rings. The van der Waals surface area contributed by atoms with Crippen molar-refractivity contribution in [2.75, 3.05) is 23.3 Å². The number of rotatable bonds is 7. The molecule has 0 radical (unpaired) electrons. The summed E-state index contributed by atoms with van der Waals surface area (Å²) >= 11 is 1.30. The first-order valence-electron chi connectivity index (χ1n) is 13.5. The van der Waals surface area contributed by atoms with Gasteiger partial charge in [0.2, 0.25) is 0 Å². The van der Waals surface area contributed by atoms with Crippen LogP contribution in [0.25, 0.3) is 10.2 Å². The van der Waals surface area contributed by atoms with E-state index in [4.69, 9.17) is 4.74 Å². The molecule has 1 fully saturated rings. The van der Waals surface area contributed by atoms with E-state index in [2.05, 4.69) is 32.7 Å². The third kappa shape index (κ3) is 5.01. The molecule has 0 spiro atoms. The maximum absolute atomic E-state index is 13.5. The molecule has 2 N–H and O–H groups in total. The highest BCUT2D eigenvalue weighted by Crippen LogP contribution is 2.46. The van der Waals surface area contributed by atoms with Crippen molar-refractivity contribution in [1.82, 2.24) is 15.2 Å². The Morgan fingerprint density at radius 1 is 0.976 bits per heavy atom. The molecular weight excluding hydrogens is 534 g/mol. The molecule has 0 unspecified atom stereocenters. The number of carbonyl (C=O) groups is 2. The number of hydrogen-bond acceptors (Lipinski definition) is 6. The van der Waals surface area contributed by atoms with Crippen LogP contribution in [0, 0.1) is 0 Å². The summed E-state index contributed by atoms with van der Waals surface area (Å²) in [6, 6.07) is 28.8. The smallest absolute Gasteiger partial charge is 0.331 e. The van der Waals surface area contributed by atoms with Crippen molar-refractivity contribution in [1.29, 1.82) is 0 Å². The molecule has 0 aliphatic carbocycles. The number of benzene rings is 3. The van der Waals surface area contributed by atoms with Crippen LogP contribution in [0.1, 0.15) is 21.7 Å². The van der Waals surface area contributed by atoms with Gasteiger partial charge in [0.05, 0.1) is 22.4 Å². The fraction of sp³-hybridized carbons (Fsp3) is 0.156. The fourth-order valence-electron chi connectivity index (χ4n) is 5.48. The van der Waals surface area contributed by atoms with Crippen LogP contribution in [0.3, 0.4) is 0 Å². The average molecular weight is 562 g/mol. The lowest BCUT2D eigenvalue weighted by Gasteiger charge is -2.28. The summed E-state index contributed by atoms with van der Waals surface area (Å²) in [5, 5.41) is 6.94. The number of amides is 3. The Balaban J connectivity index is 1.10. The first-order chi connectivity index (χ1) is 20.1. The van der Waals surface area contributed by atoms with E-state index in [1.54, 1.807) is 11.1 Å². The quantitative estimate of drug-likeness (QED) is 0.229. The van der Waals surface area contributed by atoms with E-state index in [9.17, 15) is 9.59 Å². The maximum atomic E-state index is 13.5. The molecule has 1 saturated heterocycles. The van der Waals surface area contributed by atoms with Gasteiger partial charge >= 0.3 is 6.03 Å². The molecule has 1 atom stereocenters. The Bertz CT molecular complexity index is 1720. The Kier molecular flexibility index (Phi) is 6.58. The zero-order valence-corrected chi connectivity index (χ0v) is 22.9. The number of ether oxygens (including phenoxy) is 1. The van der Waals surface area contributed by atoms with Crippen LogP contribution < -0.4 is 20.3 Å². The highest BCUT2D eigenvalue weighted by atomic mass is 32.1. The highest BCUT2D eigenvalue weighted by molar-refractivity contribution is 7.21. The number of para-hydroxylation sites is 1. The first-order valence-corrected chi connectivity index (χ1v) is 14.4. The number of carbonyl (C=O) groups excluding carboxylic acids is 2. The summed E-state index contributed by atoms with van der Waals surface area (Å²) in [5.74, 6) is 1.22. The van der Waals surface area contributed by atoms with Crippen molar-refractivity contribution >= 4 is 50.6 Å². The summed E-state index contributed by atoms with van der Waals surface area (Å²) in [6.07, 6.45) is 2.56. The molecule has 3 amide bonds. The molecule has 8 nitrogen and oxygen atoms in total. The van der Waals surface area contributed by atoms with Gasteiger partial charge in [-0.25, -0.2) is 9.78 Å². The number of hydrogen-bond donors (Lipinski definition) is 2. The molecule has 2 aromatic heterocycles. The monoisotopic (exact) mass is 561 g/mol. The van der Waals surface area contributed by atoms with Gasteiger partial charge in [0.15, 0.2) is 0 Å². The van der Waals surface area contributed by atoms with Crippen LogP contribution in [-0.2, 0) is 6.54 Å². The summed E-state index contributed by atoms with van der Waals surface area (Å²) < 4.78 is 5.91. The van der Waals surface area contributed by atoms with E-state index in [1.165, 1.54) is 16.9 Å². The minimum atomic E-state index is -0.330. The van der Waals surface area contributed by atoms with Crippen molar-refractivity contribution in [3.8, 4) is 11.5 Å². The molecular formula is C32H27N5O3S. The Morgan fingerprint density at radius 2 is 1.71 bits per heavy atom. The van der Waals surface area contributed by atoms with Crippen LogP contribution in [0.4, 0.5) is 21.9 Å². The molecule has 204 valence electrons. The second kappa shape index (κ2) is 10.7. The van der Waals surface area contributed by atoms with E-state index in [1.807, 2.05) is 78.9 Å². The van der Waals surface area contributed by atoms with E-state index in [0.717, 1.165) is 37.2 Å². The number of nitrogens with zero attached hydrogens (tertiary/aromatic N) is 3. The normalized spacial score (nSPS) is 16.5. The minimum absolute atomic E-state index is 0.0449. The second-order valence-corrected chi connectivity index (χ2v) is 11.2. The molecule has 0 saturated carbocycles. The van der Waals surface area contributed by atoms with E-state index >= 15 is 0 Å². The van der Waals surface area contributed by atoms with Crippen molar-refractivity contribution in [3.63, 3.8) is 0 Å². The summed E-state index contributed by atoms with van der Waals surface area (Å²) in [7, 11) is 0. The molecule has 0 bridgehead atoms. The number of thiophene rings is 1. The largest absolute Gasteiger partial charge is 0.457 e. The zero-order valence-electron chi connectivity index (χ0n) is 22.1. The van der Waals surface area contributed by atoms with E-state index < -0.39 is 0 Å². The summed E-state index contributed by atoms with van der Waals surface area (Å²) in [5.41, 5.74) is 3.16. The standard InChI is InChI=1S/C32H27N5O3S/c38-30(34-22-16-18-36(20-22)19-21-7-3-1-4-8-21)29-28-27-26(15-17-33-31(27)41-29)37(32(39)35-28)23-11-13-25(14-12-23)40-24-9-5-2-6-10-24/h1-15,17,22H,16,18-20H2,(H,34,38)(H,35,39)/t22-/m0/s1. The van der Waals surface area contributed by atoms with Gasteiger partial charge in [-0.1, -0.05) is 48.5 Å². The number of urea groups is 1. The number of anilines is 3. The zero-order chi connectivity index (χ0) is 27.8. The van der Waals surface area contributed by atoms with Crippen LogP contribution >= 0.6 is 11.3 Å². The van der Waals surface area contributed by atoms with Crippen molar-refractivity contribution < 1.29 is 14.3 Å². The Labute approximate surface area is 241 Å². The lowest BCUT2D eigenvalue weighted by molar-refractivity contribution is 0.0942. The van der Waals surface area contributed by atoms with Gasteiger partial charge in [-0.3, -0.25) is 14.6 Å². The fourth-order valence-corrected chi connectivity index (χ4v) is 6.50. The molecule has 2 aliphatic heterocycles. The number of pyridine rings is 1. The van der Waals surface area contributed by atoms with Crippen molar-refractivity contribution in [2.45, 2.75) is 19.0 Å². The number of nitrogens with one attached hydrogen (secondary N) is 2. The topological polar surface area (TPSA) is 86.8 Å². The maximum Gasteiger partial charge on any atom is 0.331 e. The van der Waals surface area contributed by atoms with Gasteiger partial charge in [-0.15, -0.1) is 11.3 Å². The van der Waals surface area contributed by atoms with Crippen molar-refractivity contribution in [3.05, 3.63) is 108 Å². The Hall–Kier alpha value is -4.73. The predicted octanol–water partition coefficient (Wildman–Crippen LogP) is 6.78. The van der Waals surface area contributed by atoms with Crippen LogP contribution in [0.15, 0.2) is 97.2 Å². The van der Waals surface area contributed by atoms with Gasteiger partial charge < -0.3 is 15.4 Å². The highest BCUT2D eigenvalue weighted by Gasteiger charge is 2.34. The molecule has 2 aliphatic rings. The number of likely N-dealkylation sites (tertiary alicyclic amines) is 1. The van der Waals surface area contributed by atoms with Crippen LogP contribution in [0.5, 0.6) is 11.5 Å². The van der Waals surface area contributed by atoms with Gasteiger partial charge in [0, 0.05) is 31.9 Å². The van der Waals surface area contributed by atoms with Gasteiger partial charge in [0.25, 0.3) is 5.91 Å². The van der Waals surface area contributed by atoms with E-state index in [0.29, 0.717) is 32.5 Å². The molecule has 7 rings (SSSR count). The lowest BCUT2D eigenvalue weighted by Crippen LogP contribution is -2.38.